The molecule has 1 atom stereocenters. The third kappa shape index (κ3) is 2.68. The summed E-state index contributed by atoms with van der Waals surface area (Å²) in [5.41, 5.74) is 6.65. The molecule has 2 nitrogen and oxygen atoms in total. The van der Waals surface area contributed by atoms with E-state index in [4.69, 9.17) is 17.3 Å². The fourth-order valence-corrected chi connectivity index (χ4v) is 2.99. The van der Waals surface area contributed by atoms with Gasteiger partial charge in [-0.3, -0.25) is 4.90 Å². The Bertz CT molecular complexity index is 414. The minimum atomic E-state index is -0.261. The van der Waals surface area contributed by atoms with Crippen LogP contribution in [0.2, 0.25) is 5.02 Å². The molecule has 100 valence electrons. The monoisotopic (exact) mass is 270 g/mol. The molecular weight excluding hydrogens is 251 g/mol. The van der Waals surface area contributed by atoms with Crippen LogP contribution < -0.4 is 5.73 Å². The van der Waals surface area contributed by atoms with Gasteiger partial charge in [0.25, 0.3) is 0 Å². The molecule has 0 aliphatic carbocycles. The molecule has 1 fully saturated rings. The normalized spacial score (nSPS) is 21.2. The molecule has 18 heavy (non-hydrogen) atoms. The molecule has 0 spiro atoms. The summed E-state index contributed by atoms with van der Waals surface area (Å²) in [6.45, 7) is 6.71. The van der Waals surface area contributed by atoms with Gasteiger partial charge < -0.3 is 5.73 Å². The van der Waals surface area contributed by atoms with Crippen LogP contribution in [-0.2, 0) is 0 Å². The van der Waals surface area contributed by atoms with E-state index < -0.39 is 0 Å². The first-order valence-corrected chi connectivity index (χ1v) is 6.70. The van der Waals surface area contributed by atoms with Gasteiger partial charge in [0.1, 0.15) is 5.82 Å². The molecule has 4 heteroatoms. The first-order chi connectivity index (χ1) is 8.44. The Morgan fingerprint density at radius 2 is 2.22 bits per heavy atom. The van der Waals surface area contributed by atoms with Crippen LogP contribution in [0.1, 0.15) is 31.9 Å². The first-order valence-electron chi connectivity index (χ1n) is 6.32. The minimum absolute atomic E-state index is 0.125. The zero-order chi connectivity index (χ0) is 13.3. The smallest absolute Gasteiger partial charge is 0.129 e. The molecule has 1 unspecified atom stereocenters. The molecule has 0 aromatic heterocycles. The summed E-state index contributed by atoms with van der Waals surface area (Å²) >= 11 is 6.13. The Hall–Kier alpha value is -0.640. The summed E-state index contributed by atoms with van der Waals surface area (Å²) in [4.78, 5) is 2.24. The van der Waals surface area contributed by atoms with Crippen molar-refractivity contribution in [3.8, 4) is 0 Å². The predicted molar refractivity (Wildman–Crippen MR) is 73.2 cm³/mol. The second kappa shape index (κ2) is 5.16. The van der Waals surface area contributed by atoms with Crippen molar-refractivity contribution in [2.75, 3.05) is 19.6 Å². The van der Waals surface area contributed by atoms with Gasteiger partial charge in [-0.2, -0.15) is 0 Å². The second-order valence-electron chi connectivity index (χ2n) is 5.77. The quantitative estimate of drug-likeness (QED) is 0.914. The van der Waals surface area contributed by atoms with Gasteiger partial charge in [0.15, 0.2) is 0 Å². The van der Waals surface area contributed by atoms with E-state index in [-0.39, 0.29) is 17.3 Å². The lowest BCUT2D eigenvalue weighted by molar-refractivity contribution is 0.219. The maximum absolute atomic E-state index is 14.0. The number of likely N-dealkylation sites (tertiary alicyclic amines) is 1. The molecule has 0 saturated carbocycles. The third-order valence-electron chi connectivity index (χ3n) is 3.70. The number of rotatable bonds is 3. The summed E-state index contributed by atoms with van der Waals surface area (Å²) in [6.07, 6.45) is 1.11. The van der Waals surface area contributed by atoms with E-state index >= 15 is 0 Å². The molecule has 1 aliphatic heterocycles. The van der Waals surface area contributed by atoms with Crippen LogP contribution in [0, 0.1) is 11.2 Å². The van der Waals surface area contributed by atoms with Crippen molar-refractivity contribution >= 4 is 11.6 Å². The van der Waals surface area contributed by atoms with Crippen LogP contribution >= 0.6 is 11.6 Å². The van der Waals surface area contributed by atoms with Gasteiger partial charge in [0, 0.05) is 23.7 Å². The minimum Gasteiger partial charge on any atom is -0.329 e. The number of benzene rings is 1. The maximum atomic E-state index is 14.0. The van der Waals surface area contributed by atoms with Crippen molar-refractivity contribution in [3.05, 3.63) is 34.6 Å². The van der Waals surface area contributed by atoms with E-state index in [1.54, 1.807) is 12.1 Å². The zero-order valence-electron chi connectivity index (χ0n) is 10.9. The largest absolute Gasteiger partial charge is 0.329 e. The summed E-state index contributed by atoms with van der Waals surface area (Å²) in [5.74, 6) is -0.261. The van der Waals surface area contributed by atoms with Gasteiger partial charge in [-0.25, -0.2) is 4.39 Å². The number of nitrogens with two attached hydrogens (primary N) is 1. The van der Waals surface area contributed by atoms with E-state index in [1.807, 2.05) is 0 Å². The highest BCUT2D eigenvalue weighted by molar-refractivity contribution is 6.31. The van der Waals surface area contributed by atoms with E-state index in [1.165, 1.54) is 6.07 Å². The SMILES string of the molecule is CC1(C)CCN(C(CN)c2c(F)cccc2Cl)C1. The number of hydrogen-bond donors (Lipinski definition) is 1. The van der Waals surface area contributed by atoms with Crippen LogP contribution in [0.3, 0.4) is 0 Å². The van der Waals surface area contributed by atoms with E-state index in [9.17, 15) is 4.39 Å². The van der Waals surface area contributed by atoms with Crippen LogP contribution in [0.25, 0.3) is 0 Å². The van der Waals surface area contributed by atoms with Crippen molar-refractivity contribution < 1.29 is 4.39 Å². The van der Waals surface area contributed by atoms with Crippen molar-refractivity contribution in [3.63, 3.8) is 0 Å². The molecule has 0 radical (unpaired) electrons. The lowest BCUT2D eigenvalue weighted by Gasteiger charge is -2.29. The lowest BCUT2D eigenvalue weighted by Crippen LogP contribution is -2.34. The standard InChI is InChI=1S/C14H20ClFN2/c1-14(2)6-7-18(9-14)12(8-17)13-10(15)4-3-5-11(13)16/h3-5,12H,6-9,17H2,1-2H3. The highest BCUT2D eigenvalue weighted by Crippen LogP contribution is 2.37. The van der Waals surface area contributed by atoms with Gasteiger partial charge in [0.2, 0.25) is 0 Å². The van der Waals surface area contributed by atoms with Crippen molar-refractivity contribution in [1.29, 1.82) is 0 Å². The first kappa shape index (κ1) is 13.8. The van der Waals surface area contributed by atoms with Gasteiger partial charge in [-0.15, -0.1) is 0 Å². The summed E-state index contributed by atoms with van der Waals surface area (Å²) in [7, 11) is 0. The molecule has 1 saturated heterocycles. The predicted octanol–water partition coefficient (Wildman–Crippen LogP) is 3.21. The Kier molecular flexibility index (Phi) is 3.95. The van der Waals surface area contributed by atoms with Gasteiger partial charge >= 0.3 is 0 Å². The Balaban J connectivity index is 2.29. The average molecular weight is 271 g/mol. The van der Waals surface area contributed by atoms with E-state index in [2.05, 4.69) is 18.7 Å². The molecule has 2 rings (SSSR count). The highest BCUT2D eigenvalue weighted by atomic mass is 35.5. The Morgan fingerprint density at radius 3 is 2.72 bits per heavy atom. The van der Waals surface area contributed by atoms with E-state index in [0.717, 1.165) is 19.5 Å². The van der Waals surface area contributed by atoms with Crippen molar-refractivity contribution in [2.45, 2.75) is 26.3 Å². The molecule has 1 heterocycles. The Labute approximate surface area is 113 Å². The number of nitrogens with zero attached hydrogens (tertiary/aromatic N) is 1. The second-order valence-corrected chi connectivity index (χ2v) is 6.18. The fraction of sp³-hybridized carbons (Fsp3) is 0.571. The number of halogens is 2. The van der Waals surface area contributed by atoms with Gasteiger partial charge in [0.05, 0.1) is 6.04 Å². The van der Waals surface area contributed by atoms with Crippen LogP contribution in [0.4, 0.5) is 4.39 Å². The molecule has 2 N–H and O–H groups in total. The fourth-order valence-electron chi connectivity index (χ4n) is 2.70. The molecule has 1 aliphatic rings. The topological polar surface area (TPSA) is 29.3 Å². The van der Waals surface area contributed by atoms with Gasteiger partial charge in [-0.05, 0) is 30.5 Å². The van der Waals surface area contributed by atoms with Crippen LogP contribution in [0.15, 0.2) is 18.2 Å². The van der Waals surface area contributed by atoms with Crippen molar-refractivity contribution in [1.82, 2.24) is 4.90 Å². The Morgan fingerprint density at radius 1 is 1.50 bits per heavy atom. The van der Waals surface area contributed by atoms with Crippen LogP contribution in [0.5, 0.6) is 0 Å². The number of hydrogen-bond acceptors (Lipinski definition) is 2. The van der Waals surface area contributed by atoms with Gasteiger partial charge in [-0.1, -0.05) is 31.5 Å². The zero-order valence-corrected chi connectivity index (χ0v) is 11.7. The molecular formula is C14H20ClFN2. The van der Waals surface area contributed by atoms with E-state index in [0.29, 0.717) is 17.1 Å². The van der Waals surface area contributed by atoms with Crippen LogP contribution in [-0.4, -0.2) is 24.5 Å². The molecule has 1 aromatic rings. The molecule has 0 amide bonds. The summed E-state index contributed by atoms with van der Waals surface area (Å²) in [6, 6.07) is 4.68. The lowest BCUT2D eigenvalue weighted by atomic mass is 9.93. The van der Waals surface area contributed by atoms with Crippen molar-refractivity contribution in [2.24, 2.45) is 11.1 Å². The highest BCUT2D eigenvalue weighted by Gasteiger charge is 2.34. The summed E-state index contributed by atoms with van der Waals surface area (Å²) < 4.78 is 14.0. The molecule has 1 aromatic carbocycles. The average Bonchev–Trinajstić information content (AvgIpc) is 2.64. The summed E-state index contributed by atoms with van der Waals surface area (Å²) in [5, 5.41) is 0.468. The molecule has 0 bridgehead atoms. The maximum Gasteiger partial charge on any atom is 0.129 e. The third-order valence-corrected chi connectivity index (χ3v) is 4.03.